The number of aryl methyl sites for hydroxylation is 1. The molecule has 3 aromatic rings. The molecule has 1 heterocycles. The minimum absolute atomic E-state index is 0.120. The van der Waals surface area contributed by atoms with Crippen molar-refractivity contribution in [2.45, 2.75) is 33.7 Å². The molecule has 146 valence electrons. The molecule has 0 aliphatic rings. The highest BCUT2D eigenvalue weighted by atomic mass is 32.1. The summed E-state index contributed by atoms with van der Waals surface area (Å²) in [5.74, 6) is 0.722. The maximum Gasteiger partial charge on any atom is 0.253 e. The van der Waals surface area contributed by atoms with E-state index >= 15 is 0 Å². The van der Waals surface area contributed by atoms with Crippen LogP contribution in [-0.4, -0.2) is 27.2 Å². The number of hydrogen-bond acceptors (Lipinski definition) is 4. The quantitative estimate of drug-likeness (QED) is 0.522. The lowest BCUT2D eigenvalue weighted by atomic mass is 10.1. The standard InChI is InChI=1S/C21H25N5OS/c1-4-26-19(24-25-21(26)28)12-13-22-20(27)16-9-5-6-10-18(16)23-17-11-7-8-14(2)15(17)3/h5-11,23H,4,12-13H2,1-3H3,(H,22,27)(H,25,28). The fourth-order valence-electron chi connectivity index (χ4n) is 3.07. The van der Waals surface area contributed by atoms with E-state index in [1.807, 2.05) is 47.9 Å². The van der Waals surface area contributed by atoms with Crippen molar-refractivity contribution in [2.75, 3.05) is 11.9 Å². The Bertz CT molecular complexity index is 1040. The highest BCUT2D eigenvalue weighted by Gasteiger charge is 2.12. The monoisotopic (exact) mass is 395 g/mol. The highest BCUT2D eigenvalue weighted by Crippen LogP contribution is 2.25. The van der Waals surface area contributed by atoms with Crippen LogP contribution in [0.1, 0.15) is 34.2 Å². The summed E-state index contributed by atoms with van der Waals surface area (Å²) >= 11 is 5.20. The van der Waals surface area contributed by atoms with Crippen molar-refractivity contribution in [2.24, 2.45) is 0 Å². The van der Waals surface area contributed by atoms with Gasteiger partial charge in [0, 0.05) is 25.2 Å². The average Bonchev–Trinajstić information content (AvgIpc) is 3.05. The number of rotatable bonds is 7. The molecule has 3 N–H and O–H groups in total. The second kappa shape index (κ2) is 8.84. The first-order valence-corrected chi connectivity index (χ1v) is 9.76. The van der Waals surface area contributed by atoms with Gasteiger partial charge in [0.1, 0.15) is 5.82 Å². The lowest BCUT2D eigenvalue weighted by Gasteiger charge is -2.15. The number of anilines is 2. The van der Waals surface area contributed by atoms with E-state index in [2.05, 4.69) is 40.7 Å². The van der Waals surface area contributed by atoms with Gasteiger partial charge in [-0.1, -0.05) is 24.3 Å². The number of para-hydroxylation sites is 1. The zero-order valence-electron chi connectivity index (χ0n) is 16.4. The molecule has 28 heavy (non-hydrogen) atoms. The van der Waals surface area contributed by atoms with Crippen molar-refractivity contribution in [1.29, 1.82) is 0 Å². The Morgan fingerprint density at radius 3 is 2.68 bits per heavy atom. The molecule has 0 saturated carbocycles. The lowest BCUT2D eigenvalue weighted by molar-refractivity contribution is 0.0954. The van der Waals surface area contributed by atoms with Crippen LogP contribution >= 0.6 is 12.2 Å². The van der Waals surface area contributed by atoms with Crippen LogP contribution in [0.3, 0.4) is 0 Å². The number of carbonyl (C=O) groups excluding carboxylic acids is 1. The van der Waals surface area contributed by atoms with E-state index in [0.29, 0.717) is 23.3 Å². The molecule has 3 rings (SSSR count). The van der Waals surface area contributed by atoms with E-state index in [-0.39, 0.29) is 5.91 Å². The third kappa shape index (κ3) is 4.31. The van der Waals surface area contributed by atoms with Crippen LogP contribution in [-0.2, 0) is 13.0 Å². The van der Waals surface area contributed by atoms with Crippen LogP contribution in [0.2, 0.25) is 0 Å². The van der Waals surface area contributed by atoms with Gasteiger partial charge in [-0.05, 0) is 62.3 Å². The van der Waals surface area contributed by atoms with Crippen molar-refractivity contribution in [1.82, 2.24) is 20.1 Å². The third-order valence-corrected chi connectivity index (χ3v) is 5.15. The van der Waals surface area contributed by atoms with E-state index in [4.69, 9.17) is 12.2 Å². The van der Waals surface area contributed by atoms with Gasteiger partial charge in [-0.3, -0.25) is 9.89 Å². The Kier molecular flexibility index (Phi) is 6.26. The van der Waals surface area contributed by atoms with Crippen LogP contribution in [0.5, 0.6) is 0 Å². The fourth-order valence-corrected chi connectivity index (χ4v) is 3.35. The Morgan fingerprint density at radius 1 is 1.14 bits per heavy atom. The van der Waals surface area contributed by atoms with Crippen molar-refractivity contribution >= 4 is 29.5 Å². The summed E-state index contributed by atoms with van der Waals surface area (Å²) in [5.41, 5.74) is 4.76. The summed E-state index contributed by atoms with van der Waals surface area (Å²) in [4.78, 5) is 12.8. The summed E-state index contributed by atoms with van der Waals surface area (Å²) in [6.45, 7) is 7.39. The van der Waals surface area contributed by atoms with Gasteiger partial charge >= 0.3 is 0 Å². The lowest BCUT2D eigenvalue weighted by Crippen LogP contribution is -2.27. The molecule has 1 amide bonds. The predicted molar refractivity (Wildman–Crippen MR) is 115 cm³/mol. The molecule has 0 bridgehead atoms. The first-order chi connectivity index (χ1) is 13.5. The first-order valence-electron chi connectivity index (χ1n) is 9.35. The van der Waals surface area contributed by atoms with E-state index in [1.165, 1.54) is 11.1 Å². The van der Waals surface area contributed by atoms with Crippen LogP contribution in [0, 0.1) is 18.6 Å². The molecule has 0 aliphatic heterocycles. The smallest absolute Gasteiger partial charge is 0.253 e. The van der Waals surface area contributed by atoms with Crippen molar-refractivity contribution in [3.05, 3.63) is 69.8 Å². The highest BCUT2D eigenvalue weighted by molar-refractivity contribution is 7.71. The van der Waals surface area contributed by atoms with E-state index in [0.717, 1.165) is 23.7 Å². The van der Waals surface area contributed by atoms with Crippen molar-refractivity contribution < 1.29 is 4.79 Å². The average molecular weight is 396 g/mol. The molecular weight excluding hydrogens is 370 g/mol. The summed E-state index contributed by atoms with van der Waals surface area (Å²) in [7, 11) is 0. The maximum absolute atomic E-state index is 12.8. The molecule has 2 aromatic carbocycles. The van der Waals surface area contributed by atoms with Crippen LogP contribution < -0.4 is 10.6 Å². The number of benzene rings is 2. The summed E-state index contributed by atoms with van der Waals surface area (Å²) in [6.07, 6.45) is 0.610. The zero-order chi connectivity index (χ0) is 20.1. The number of aromatic nitrogens is 3. The largest absolute Gasteiger partial charge is 0.355 e. The molecule has 0 unspecified atom stereocenters. The number of nitrogens with zero attached hydrogens (tertiary/aromatic N) is 2. The third-order valence-electron chi connectivity index (χ3n) is 4.83. The minimum atomic E-state index is -0.120. The zero-order valence-corrected chi connectivity index (χ0v) is 17.2. The van der Waals surface area contributed by atoms with Crippen molar-refractivity contribution in [3.63, 3.8) is 0 Å². The number of H-pyrrole nitrogens is 1. The number of amides is 1. The van der Waals surface area contributed by atoms with Crippen LogP contribution in [0.15, 0.2) is 42.5 Å². The van der Waals surface area contributed by atoms with Gasteiger partial charge in [-0.25, -0.2) is 0 Å². The van der Waals surface area contributed by atoms with Gasteiger partial charge in [0.2, 0.25) is 0 Å². The molecule has 0 saturated heterocycles. The summed E-state index contributed by atoms with van der Waals surface area (Å²) in [5, 5.41) is 13.4. The second-order valence-electron chi connectivity index (χ2n) is 6.61. The SMILES string of the molecule is CCn1c(CCNC(=O)c2ccccc2Nc2cccc(C)c2C)n[nH]c1=S. The van der Waals surface area contributed by atoms with Gasteiger partial charge in [0.15, 0.2) is 4.77 Å². The van der Waals surface area contributed by atoms with E-state index in [1.54, 1.807) is 0 Å². The van der Waals surface area contributed by atoms with Crippen molar-refractivity contribution in [3.8, 4) is 0 Å². The van der Waals surface area contributed by atoms with Gasteiger partial charge < -0.3 is 15.2 Å². The van der Waals surface area contributed by atoms with Gasteiger partial charge in [-0.2, -0.15) is 5.10 Å². The minimum Gasteiger partial charge on any atom is -0.355 e. The summed E-state index contributed by atoms with van der Waals surface area (Å²) < 4.78 is 2.53. The molecule has 1 aromatic heterocycles. The Balaban J connectivity index is 1.70. The molecule has 0 atom stereocenters. The molecule has 0 aliphatic carbocycles. The van der Waals surface area contributed by atoms with Gasteiger partial charge in [-0.15, -0.1) is 0 Å². The maximum atomic E-state index is 12.8. The second-order valence-corrected chi connectivity index (χ2v) is 7.00. The topological polar surface area (TPSA) is 74.7 Å². The molecule has 6 nitrogen and oxygen atoms in total. The molecule has 0 spiro atoms. The number of hydrogen-bond donors (Lipinski definition) is 3. The number of carbonyl (C=O) groups is 1. The number of aromatic amines is 1. The fraction of sp³-hybridized carbons (Fsp3) is 0.286. The summed E-state index contributed by atoms with van der Waals surface area (Å²) in [6, 6.07) is 13.6. The normalized spacial score (nSPS) is 10.7. The molecule has 7 heteroatoms. The van der Waals surface area contributed by atoms with E-state index in [9.17, 15) is 4.79 Å². The van der Waals surface area contributed by atoms with Gasteiger partial charge in [0.05, 0.1) is 11.3 Å². The number of nitrogens with one attached hydrogen (secondary N) is 3. The Hall–Kier alpha value is -2.93. The molecular formula is C21H25N5OS. The Labute approximate surface area is 170 Å². The first kappa shape index (κ1) is 19.8. The molecule has 0 radical (unpaired) electrons. The van der Waals surface area contributed by atoms with E-state index < -0.39 is 0 Å². The van der Waals surface area contributed by atoms with Gasteiger partial charge in [0.25, 0.3) is 5.91 Å². The molecule has 0 fully saturated rings. The Morgan fingerprint density at radius 2 is 1.89 bits per heavy atom. The predicted octanol–water partition coefficient (Wildman–Crippen LogP) is 4.29. The van der Waals surface area contributed by atoms with Crippen LogP contribution in [0.4, 0.5) is 11.4 Å². The van der Waals surface area contributed by atoms with Crippen LogP contribution in [0.25, 0.3) is 0 Å².